The van der Waals surface area contributed by atoms with E-state index in [0.29, 0.717) is 5.71 Å². The van der Waals surface area contributed by atoms with Crippen LogP contribution in [0.1, 0.15) is 25.0 Å². The Hall–Kier alpha value is -2.95. The van der Waals surface area contributed by atoms with Gasteiger partial charge in [-0.25, -0.2) is 9.79 Å². The van der Waals surface area contributed by atoms with Crippen molar-refractivity contribution in [1.82, 2.24) is 0 Å². The van der Waals surface area contributed by atoms with Gasteiger partial charge in [0, 0.05) is 25.0 Å². The molecular weight excluding hydrogens is 294 g/mol. The first-order chi connectivity index (χ1) is 10.9. The topological polar surface area (TPSA) is 76.0 Å². The summed E-state index contributed by atoms with van der Waals surface area (Å²) in [7, 11) is 0. The molecule has 0 fully saturated rings. The number of carboxylic acids is 1. The quantitative estimate of drug-likeness (QED) is 0.680. The number of hydrogen-bond acceptors (Lipinski definition) is 4. The van der Waals surface area contributed by atoms with Crippen molar-refractivity contribution in [3.8, 4) is 0 Å². The van der Waals surface area contributed by atoms with Crippen molar-refractivity contribution in [2.75, 3.05) is 0 Å². The molecule has 0 aliphatic rings. The number of carbonyl (C=O) groups excluding carboxylic acids is 1. The lowest BCUT2D eigenvalue weighted by Crippen LogP contribution is -2.39. The molecule has 2 rings (SSSR count). The molecule has 1 N–H and O–H groups in total. The van der Waals surface area contributed by atoms with E-state index >= 15 is 0 Å². The normalized spacial score (nSPS) is 12.8. The molecule has 0 aliphatic carbocycles. The number of rotatable bonds is 5. The number of nitrogens with zero attached hydrogens (tertiary/aromatic N) is 1. The molecule has 0 heterocycles. The SMILES string of the molecule is CC(=O)OC(C)(N=C(c1ccccc1)c1ccccc1)C(=O)O. The van der Waals surface area contributed by atoms with Crippen LogP contribution in [-0.4, -0.2) is 28.5 Å². The van der Waals surface area contributed by atoms with Crippen LogP contribution in [0.4, 0.5) is 0 Å². The van der Waals surface area contributed by atoms with E-state index in [4.69, 9.17) is 4.74 Å². The van der Waals surface area contributed by atoms with Crippen molar-refractivity contribution in [2.24, 2.45) is 4.99 Å². The number of benzene rings is 2. The van der Waals surface area contributed by atoms with Crippen molar-refractivity contribution < 1.29 is 19.4 Å². The summed E-state index contributed by atoms with van der Waals surface area (Å²) in [4.78, 5) is 27.1. The Morgan fingerprint density at radius 1 is 0.957 bits per heavy atom. The zero-order chi connectivity index (χ0) is 16.9. The average molecular weight is 311 g/mol. The number of aliphatic carboxylic acids is 1. The molecular formula is C18H17NO4. The summed E-state index contributed by atoms with van der Waals surface area (Å²) in [6.07, 6.45) is 0. The average Bonchev–Trinajstić information content (AvgIpc) is 2.53. The van der Waals surface area contributed by atoms with Gasteiger partial charge in [0.25, 0.3) is 5.72 Å². The number of ether oxygens (including phenoxy) is 1. The zero-order valence-electron chi connectivity index (χ0n) is 12.9. The van der Waals surface area contributed by atoms with Gasteiger partial charge in [-0.05, 0) is 0 Å². The highest BCUT2D eigenvalue weighted by Crippen LogP contribution is 2.19. The molecule has 0 spiro atoms. The maximum atomic E-state index is 11.6. The molecule has 5 heteroatoms. The second kappa shape index (κ2) is 6.87. The first-order valence-corrected chi connectivity index (χ1v) is 7.06. The van der Waals surface area contributed by atoms with Crippen LogP contribution in [0.2, 0.25) is 0 Å². The summed E-state index contributed by atoms with van der Waals surface area (Å²) in [6.45, 7) is 2.41. The second-order valence-corrected chi connectivity index (χ2v) is 5.07. The van der Waals surface area contributed by atoms with Crippen LogP contribution >= 0.6 is 0 Å². The third-order valence-electron chi connectivity index (χ3n) is 3.16. The highest BCUT2D eigenvalue weighted by Gasteiger charge is 2.37. The third-order valence-corrected chi connectivity index (χ3v) is 3.16. The third kappa shape index (κ3) is 4.03. The number of esters is 1. The Morgan fingerprint density at radius 3 is 1.74 bits per heavy atom. The molecule has 0 saturated heterocycles. The van der Waals surface area contributed by atoms with E-state index in [1.807, 2.05) is 60.7 Å². The van der Waals surface area contributed by atoms with Gasteiger partial charge in [0.2, 0.25) is 0 Å². The van der Waals surface area contributed by atoms with Gasteiger partial charge in [-0.3, -0.25) is 4.79 Å². The maximum absolute atomic E-state index is 11.6. The largest absolute Gasteiger partial charge is 0.477 e. The van der Waals surface area contributed by atoms with Crippen LogP contribution in [0.25, 0.3) is 0 Å². The van der Waals surface area contributed by atoms with E-state index in [2.05, 4.69) is 4.99 Å². The molecule has 118 valence electrons. The molecule has 2 aromatic rings. The zero-order valence-corrected chi connectivity index (χ0v) is 12.9. The first-order valence-electron chi connectivity index (χ1n) is 7.06. The van der Waals surface area contributed by atoms with Crippen molar-refractivity contribution in [2.45, 2.75) is 19.6 Å². The Labute approximate surface area is 134 Å². The van der Waals surface area contributed by atoms with Gasteiger partial charge in [0.05, 0.1) is 5.71 Å². The standard InChI is InChI=1S/C18H17NO4/c1-13(20)23-18(2,17(21)22)19-16(14-9-5-3-6-10-14)15-11-7-4-8-12-15/h3-12H,1-2H3,(H,21,22). The van der Waals surface area contributed by atoms with Crippen molar-refractivity contribution in [1.29, 1.82) is 0 Å². The number of hydrogen-bond donors (Lipinski definition) is 1. The molecule has 0 saturated carbocycles. The van der Waals surface area contributed by atoms with E-state index in [9.17, 15) is 14.7 Å². The predicted octanol–water partition coefficient (Wildman–Crippen LogP) is 2.89. The van der Waals surface area contributed by atoms with Crippen molar-refractivity contribution in [3.05, 3.63) is 71.8 Å². The Morgan fingerprint density at radius 2 is 1.39 bits per heavy atom. The summed E-state index contributed by atoms with van der Waals surface area (Å²) in [5.74, 6) is -2.05. The van der Waals surface area contributed by atoms with Crippen LogP contribution in [0, 0.1) is 0 Å². The summed E-state index contributed by atoms with van der Waals surface area (Å²) in [6, 6.07) is 18.3. The lowest BCUT2D eigenvalue weighted by molar-refractivity contribution is -0.173. The number of carbonyl (C=O) groups is 2. The Bertz CT molecular complexity index is 684. The van der Waals surface area contributed by atoms with E-state index in [1.165, 1.54) is 6.92 Å². The van der Waals surface area contributed by atoms with Crippen LogP contribution in [0.3, 0.4) is 0 Å². The van der Waals surface area contributed by atoms with Gasteiger partial charge in [0.15, 0.2) is 0 Å². The molecule has 0 aliphatic heterocycles. The van der Waals surface area contributed by atoms with E-state index in [-0.39, 0.29) is 0 Å². The van der Waals surface area contributed by atoms with Gasteiger partial charge in [-0.15, -0.1) is 0 Å². The maximum Gasteiger partial charge on any atom is 0.371 e. The molecule has 0 aromatic heterocycles. The minimum absolute atomic E-state index is 0.442. The monoisotopic (exact) mass is 311 g/mol. The van der Waals surface area contributed by atoms with Gasteiger partial charge in [0.1, 0.15) is 0 Å². The van der Waals surface area contributed by atoms with E-state index in [1.54, 1.807) is 0 Å². The van der Waals surface area contributed by atoms with Gasteiger partial charge < -0.3 is 9.84 Å². The van der Waals surface area contributed by atoms with Crippen LogP contribution in [0.5, 0.6) is 0 Å². The van der Waals surface area contributed by atoms with Crippen molar-refractivity contribution in [3.63, 3.8) is 0 Å². The van der Waals surface area contributed by atoms with Crippen molar-refractivity contribution >= 4 is 17.7 Å². The smallest absolute Gasteiger partial charge is 0.371 e. The molecule has 2 aromatic carbocycles. The van der Waals surface area contributed by atoms with E-state index < -0.39 is 17.7 Å². The fourth-order valence-electron chi connectivity index (χ4n) is 2.10. The molecule has 5 nitrogen and oxygen atoms in total. The Kier molecular flexibility index (Phi) is 4.91. The van der Waals surface area contributed by atoms with Crippen LogP contribution in [-0.2, 0) is 14.3 Å². The number of carboxylic acid groups (broad SMARTS) is 1. The minimum Gasteiger partial charge on any atom is -0.477 e. The van der Waals surface area contributed by atoms with Crippen LogP contribution in [0.15, 0.2) is 65.7 Å². The van der Waals surface area contributed by atoms with Gasteiger partial charge >= 0.3 is 11.9 Å². The predicted molar refractivity (Wildman–Crippen MR) is 86.3 cm³/mol. The molecule has 23 heavy (non-hydrogen) atoms. The lowest BCUT2D eigenvalue weighted by Gasteiger charge is -2.22. The van der Waals surface area contributed by atoms with Gasteiger partial charge in [-0.1, -0.05) is 60.7 Å². The summed E-state index contributed by atoms with van der Waals surface area (Å²) < 4.78 is 4.95. The minimum atomic E-state index is -1.99. The highest BCUT2D eigenvalue weighted by atomic mass is 16.6. The molecule has 0 amide bonds. The summed E-state index contributed by atoms with van der Waals surface area (Å²) in [5, 5.41) is 9.44. The molecule has 0 bridgehead atoms. The molecule has 1 unspecified atom stereocenters. The highest BCUT2D eigenvalue weighted by molar-refractivity contribution is 6.13. The first kappa shape index (κ1) is 16.4. The summed E-state index contributed by atoms with van der Waals surface area (Å²) >= 11 is 0. The van der Waals surface area contributed by atoms with Crippen LogP contribution < -0.4 is 0 Å². The van der Waals surface area contributed by atoms with E-state index in [0.717, 1.165) is 18.1 Å². The molecule has 0 radical (unpaired) electrons. The lowest BCUT2D eigenvalue weighted by atomic mass is 10.0. The summed E-state index contributed by atoms with van der Waals surface area (Å²) in [5.41, 5.74) is -0.0821. The fraction of sp³-hybridized carbons (Fsp3) is 0.167. The molecule has 1 atom stereocenters. The van der Waals surface area contributed by atoms with Gasteiger partial charge in [-0.2, -0.15) is 0 Å². The Balaban J connectivity index is 2.61. The fourth-order valence-corrected chi connectivity index (χ4v) is 2.10. The second-order valence-electron chi connectivity index (χ2n) is 5.07. The number of aliphatic imine (C=N–C) groups is 1.